The van der Waals surface area contributed by atoms with Gasteiger partial charge < -0.3 is 10.1 Å². The number of nitrogens with one attached hydrogen (secondary N) is 2. The van der Waals surface area contributed by atoms with E-state index in [0.29, 0.717) is 17.9 Å². The molecular weight excluding hydrogens is 320 g/mol. The molecule has 2 aromatic rings. The summed E-state index contributed by atoms with van der Waals surface area (Å²) in [4.78, 5) is 12.4. The molecule has 0 aliphatic heterocycles. The second-order valence-corrected chi connectivity index (χ2v) is 5.73. The number of ether oxygens (including phenoxy) is 1. The van der Waals surface area contributed by atoms with Crippen LogP contribution >= 0.6 is 12.2 Å². The van der Waals surface area contributed by atoms with Gasteiger partial charge in [-0.25, -0.2) is 0 Å². The van der Waals surface area contributed by atoms with Crippen molar-refractivity contribution in [3.63, 3.8) is 0 Å². The van der Waals surface area contributed by atoms with Crippen molar-refractivity contribution in [3.05, 3.63) is 60.2 Å². The number of amides is 1. The monoisotopic (exact) mass is 342 g/mol. The van der Waals surface area contributed by atoms with E-state index < -0.39 is 0 Å². The number of rotatable bonds is 7. The van der Waals surface area contributed by atoms with Gasteiger partial charge in [0, 0.05) is 5.69 Å². The molecule has 0 saturated carbocycles. The van der Waals surface area contributed by atoms with Crippen LogP contribution in [0.3, 0.4) is 0 Å². The smallest absolute Gasteiger partial charge is 0.261 e. The molecule has 0 aliphatic carbocycles. The summed E-state index contributed by atoms with van der Waals surface area (Å²) in [6, 6.07) is 16.7. The lowest BCUT2D eigenvalue weighted by atomic mass is 10.2. The molecule has 0 heterocycles. The fourth-order valence-electron chi connectivity index (χ4n) is 2.17. The highest BCUT2D eigenvalue weighted by Gasteiger charge is 2.13. The van der Waals surface area contributed by atoms with Gasteiger partial charge in [-0.15, -0.1) is 0 Å². The van der Waals surface area contributed by atoms with Crippen LogP contribution in [0.4, 0.5) is 5.69 Å². The third-order valence-corrected chi connectivity index (χ3v) is 3.60. The second kappa shape index (κ2) is 9.67. The van der Waals surface area contributed by atoms with Crippen LogP contribution in [0.15, 0.2) is 54.6 Å². The van der Waals surface area contributed by atoms with Crippen LogP contribution in [0.2, 0.25) is 0 Å². The minimum absolute atomic E-state index is 0.256. The fourth-order valence-corrected chi connectivity index (χ4v) is 2.38. The lowest BCUT2D eigenvalue weighted by Gasteiger charge is -2.13. The highest BCUT2D eigenvalue weighted by Crippen LogP contribution is 2.18. The standard InChI is InChI=1S/C19H22N2O2S/c1-2-3-9-14-23-17-13-8-7-12-16(17)18(22)21-19(24)20-15-10-5-4-6-11-15/h4-8,10-13H,2-3,9,14H2,1H3,(H2,20,21,22,24). The van der Waals surface area contributed by atoms with Crippen molar-refractivity contribution in [2.75, 3.05) is 11.9 Å². The van der Waals surface area contributed by atoms with E-state index in [-0.39, 0.29) is 11.0 Å². The Balaban J connectivity index is 1.95. The number of hydrogen-bond acceptors (Lipinski definition) is 3. The molecule has 5 heteroatoms. The molecular formula is C19H22N2O2S. The molecule has 0 bridgehead atoms. The summed E-state index contributed by atoms with van der Waals surface area (Å²) in [6.07, 6.45) is 3.21. The minimum Gasteiger partial charge on any atom is -0.493 e. The molecule has 126 valence electrons. The van der Waals surface area contributed by atoms with Gasteiger partial charge in [0.25, 0.3) is 5.91 Å². The Morgan fingerprint density at radius 3 is 2.50 bits per heavy atom. The number of carbonyl (C=O) groups excluding carboxylic acids is 1. The summed E-state index contributed by atoms with van der Waals surface area (Å²) in [5, 5.41) is 5.93. The predicted molar refractivity (Wildman–Crippen MR) is 102 cm³/mol. The van der Waals surface area contributed by atoms with Gasteiger partial charge in [0.2, 0.25) is 0 Å². The van der Waals surface area contributed by atoms with Crippen molar-refractivity contribution in [1.29, 1.82) is 0 Å². The van der Waals surface area contributed by atoms with Crippen molar-refractivity contribution in [2.45, 2.75) is 26.2 Å². The van der Waals surface area contributed by atoms with Crippen molar-refractivity contribution < 1.29 is 9.53 Å². The number of para-hydroxylation sites is 2. The zero-order valence-corrected chi connectivity index (χ0v) is 14.6. The molecule has 24 heavy (non-hydrogen) atoms. The Morgan fingerprint density at radius 2 is 1.75 bits per heavy atom. The Bertz CT molecular complexity index is 674. The van der Waals surface area contributed by atoms with Gasteiger partial charge in [0.1, 0.15) is 5.75 Å². The molecule has 4 nitrogen and oxygen atoms in total. The molecule has 0 aromatic heterocycles. The van der Waals surface area contributed by atoms with E-state index in [2.05, 4.69) is 17.6 Å². The van der Waals surface area contributed by atoms with Crippen LogP contribution in [0, 0.1) is 0 Å². The Kier molecular flexibility index (Phi) is 7.23. The van der Waals surface area contributed by atoms with Gasteiger partial charge >= 0.3 is 0 Å². The van der Waals surface area contributed by atoms with Crippen LogP contribution in [0.1, 0.15) is 36.5 Å². The molecule has 0 saturated heterocycles. The van der Waals surface area contributed by atoms with Gasteiger partial charge in [-0.05, 0) is 42.9 Å². The van der Waals surface area contributed by atoms with E-state index in [1.807, 2.05) is 42.5 Å². The first-order valence-electron chi connectivity index (χ1n) is 8.10. The lowest BCUT2D eigenvalue weighted by molar-refractivity contribution is 0.0973. The van der Waals surface area contributed by atoms with Gasteiger partial charge in [-0.3, -0.25) is 10.1 Å². The van der Waals surface area contributed by atoms with Gasteiger partial charge in [0.05, 0.1) is 12.2 Å². The summed E-state index contributed by atoms with van der Waals surface area (Å²) < 4.78 is 5.74. The number of thiocarbonyl (C=S) groups is 1. The van der Waals surface area contributed by atoms with Crippen LogP contribution in [0.5, 0.6) is 5.75 Å². The number of hydrogen-bond donors (Lipinski definition) is 2. The Labute approximate surface area is 148 Å². The van der Waals surface area contributed by atoms with E-state index in [9.17, 15) is 4.79 Å². The maximum Gasteiger partial charge on any atom is 0.261 e. The third-order valence-electron chi connectivity index (χ3n) is 3.40. The molecule has 0 radical (unpaired) electrons. The normalized spacial score (nSPS) is 10.0. The maximum atomic E-state index is 12.4. The maximum absolute atomic E-state index is 12.4. The summed E-state index contributed by atoms with van der Waals surface area (Å²) in [6.45, 7) is 2.74. The first-order valence-corrected chi connectivity index (χ1v) is 8.50. The van der Waals surface area contributed by atoms with E-state index in [0.717, 1.165) is 24.9 Å². The quantitative estimate of drug-likeness (QED) is 0.579. The van der Waals surface area contributed by atoms with Crippen LogP contribution in [-0.2, 0) is 0 Å². The zero-order valence-electron chi connectivity index (χ0n) is 13.7. The summed E-state index contributed by atoms with van der Waals surface area (Å²) in [7, 11) is 0. The first kappa shape index (κ1) is 17.9. The van der Waals surface area contributed by atoms with Crippen LogP contribution < -0.4 is 15.4 Å². The number of benzene rings is 2. The van der Waals surface area contributed by atoms with Crippen molar-refractivity contribution >= 4 is 28.9 Å². The molecule has 0 spiro atoms. The third kappa shape index (κ3) is 5.66. The number of unbranched alkanes of at least 4 members (excludes halogenated alkanes) is 2. The SMILES string of the molecule is CCCCCOc1ccccc1C(=O)NC(=S)Nc1ccccc1. The Hall–Kier alpha value is -2.40. The van der Waals surface area contributed by atoms with Gasteiger partial charge in [0.15, 0.2) is 5.11 Å². The summed E-state index contributed by atoms with van der Waals surface area (Å²) >= 11 is 5.19. The van der Waals surface area contributed by atoms with E-state index >= 15 is 0 Å². The summed E-state index contributed by atoms with van der Waals surface area (Å²) in [5.74, 6) is 0.295. The first-order chi connectivity index (χ1) is 11.7. The average Bonchev–Trinajstić information content (AvgIpc) is 2.60. The van der Waals surface area contributed by atoms with Crippen LogP contribution in [0.25, 0.3) is 0 Å². The van der Waals surface area contributed by atoms with Gasteiger partial charge in [-0.2, -0.15) is 0 Å². The van der Waals surface area contributed by atoms with Gasteiger partial charge in [-0.1, -0.05) is 50.1 Å². The van der Waals surface area contributed by atoms with E-state index in [1.54, 1.807) is 12.1 Å². The van der Waals surface area contributed by atoms with Crippen molar-refractivity contribution in [1.82, 2.24) is 5.32 Å². The molecule has 0 unspecified atom stereocenters. The fraction of sp³-hybridized carbons (Fsp3) is 0.263. The van der Waals surface area contributed by atoms with E-state index in [1.165, 1.54) is 0 Å². The molecule has 1 amide bonds. The minimum atomic E-state index is -0.283. The van der Waals surface area contributed by atoms with Crippen molar-refractivity contribution in [2.24, 2.45) is 0 Å². The average molecular weight is 342 g/mol. The Morgan fingerprint density at radius 1 is 1.04 bits per heavy atom. The number of anilines is 1. The highest BCUT2D eigenvalue weighted by atomic mass is 32.1. The van der Waals surface area contributed by atoms with E-state index in [4.69, 9.17) is 17.0 Å². The molecule has 0 atom stereocenters. The zero-order chi connectivity index (χ0) is 17.2. The second-order valence-electron chi connectivity index (χ2n) is 5.33. The number of carbonyl (C=O) groups is 1. The van der Waals surface area contributed by atoms with Crippen molar-refractivity contribution in [3.8, 4) is 5.75 Å². The molecule has 2 aromatic carbocycles. The molecule has 2 N–H and O–H groups in total. The summed E-state index contributed by atoms with van der Waals surface area (Å²) in [5.41, 5.74) is 1.30. The predicted octanol–water partition coefficient (Wildman–Crippen LogP) is 4.38. The highest BCUT2D eigenvalue weighted by molar-refractivity contribution is 7.80. The molecule has 0 aliphatic rings. The lowest BCUT2D eigenvalue weighted by Crippen LogP contribution is -2.34. The molecule has 0 fully saturated rings. The topological polar surface area (TPSA) is 50.4 Å². The van der Waals surface area contributed by atoms with Crippen LogP contribution in [-0.4, -0.2) is 17.6 Å². The molecule has 2 rings (SSSR count). The largest absolute Gasteiger partial charge is 0.493 e.